The van der Waals surface area contributed by atoms with Gasteiger partial charge in [0.25, 0.3) is 0 Å². The Labute approximate surface area is 154 Å². The van der Waals surface area contributed by atoms with E-state index in [1.807, 2.05) is 30.9 Å². The third kappa shape index (κ3) is 4.39. The van der Waals surface area contributed by atoms with E-state index in [0.29, 0.717) is 18.0 Å². The topological polar surface area (TPSA) is 51.3 Å². The van der Waals surface area contributed by atoms with Gasteiger partial charge < -0.3 is 8.98 Å². The maximum atomic E-state index is 12.7. The molecule has 0 spiro atoms. The monoisotopic (exact) mass is 379 g/mol. The lowest BCUT2D eigenvalue weighted by atomic mass is 10.0. The Morgan fingerprint density at radius 2 is 1.96 bits per heavy atom. The number of imidazole rings is 1. The summed E-state index contributed by atoms with van der Waals surface area (Å²) in [5, 5.41) is 0.822. The molecule has 2 aromatic heterocycles. The zero-order valence-electron chi connectivity index (χ0n) is 15.3. The van der Waals surface area contributed by atoms with Crippen molar-refractivity contribution in [1.29, 1.82) is 0 Å². The Morgan fingerprint density at radius 1 is 1.22 bits per heavy atom. The van der Waals surface area contributed by atoms with Gasteiger partial charge in [-0.05, 0) is 37.6 Å². The van der Waals surface area contributed by atoms with E-state index in [9.17, 15) is 18.0 Å². The van der Waals surface area contributed by atoms with Gasteiger partial charge in [-0.15, -0.1) is 0 Å². The molecule has 0 saturated carbocycles. The Bertz CT molecular complexity index is 1020. The van der Waals surface area contributed by atoms with Crippen molar-refractivity contribution in [2.24, 2.45) is 0 Å². The molecule has 0 atom stereocenters. The number of hydrogen-bond acceptors (Lipinski definition) is 4. The number of alkyl halides is 3. The Morgan fingerprint density at radius 3 is 2.67 bits per heavy atom. The van der Waals surface area contributed by atoms with Crippen molar-refractivity contribution in [3.63, 3.8) is 0 Å². The van der Waals surface area contributed by atoms with E-state index in [2.05, 4.69) is 4.98 Å². The second kappa shape index (κ2) is 7.19. The third-order valence-corrected chi connectivity index (χ3v) is 4.52. The van der Waals surface area contributed by atoms with E-state index in [4.69, 9.17) is 4.42 Å². The lowest BCUT2D eigenvalue weighted by Gasteiger charge is -2.19. The van der Waals surface area contributed by atoms with Crippen LogP contribution in [0.15, 0.2) is 39.8 Å². The Hall–Kier alpha value is -2.61. The fourth-order valence-corrected chi connectivity index (χ4v) is 3.07. The molecule has 1 aromatic carbocycles. The summed E-state index contributed by atoms with van der Waals surface area (Å²) in [7, 11) is 1.77. The van der Waals surface area contributed by atoms with Gasteiger partial charge in [-0.1, -0.05) is 12.1 Å². The summed E-state index contributed by atoms with van der Waals surface area (Å²) in [4.78, 5) is 17.8. The first-order valence-electron chi connectivity index (χ1n) is 8.42. The summed E-state index contributed by atoms with van der Waals surface area (Å²) in [6.45, 7) is 3.35. The molecule has 8 heteroatoms. The zero-order chi connectivity index (χ0) is 19.8. The standard InChI is InChI=1S/C19H20F3N3O2/c1-12-4-5-15-14(8-17(26)27-18(15)13(12)2)9-24(3)10-16-23-6-7-25(16)11-19(20,21)22/h4-8H,9-11H2,1-3H3. The predicted molar refractivity (Wildman–Crippen MR) is 95.4 cm³/mol. The number of nitrogens with zero attached hydrogens (tertiary/aromatic N) is 3. The number of halogens is 3. The first kappa shape index (κ1) is 19.2. The molecule has 0 aliphatic rings. The van der Waals surface area contributed by atoms with E-state index in [1.54, 1.807) is 7.05 Å². The van der Waals surface area contributed by atoms with Gasteiger partial charge in [-0.2, -0.15) is 13.2 Å². The summed E-state index contributed by atoms with van der Waals surface area (Å²) in [5.41, 5.74) is 2.78. The SMILES string of the molecule is Cc1ccc2c(CN(C)Cc3nccn3CC(F)(F)F)cc(=O)oc2c1C. The maximum Gasteiger partial charge on any atom is 0.406 e. The number of hydrogen-bond donors (Lipinski definition) is 0. The number of aromatic nitrogens is 2. The average Bonchev–Trinajstić information content (AvgIpc) is 2.96. The summed E-state index contributed by atoms with van der Waals surface area (Å²) in [6.07, 6.45) is -1.64. The molecular formula is C19H20F3N3O2. The van der Waals surface area contributed by atoms with Crippen LogP contribution in [0.25, 0.3) is 11.0 Å². The van der Waals surface area contributed by atoms with Crippen LogP contribution in [0.1, 0.15) is 22.5 Å². The highest BCUT2D eigenvalue weighted by molar-refractivity contribution is 5.83. The minimum Gasteiger partial charge on any atom is -0.422 e. The van der Waals surface area contributed by atoms with Crippen LogP contribution in [0.5, 0.6) is 0 Å². The molecule has 27 heavy (non-hydrogen) atoms. The quantitative estimate of drug-likeness (QED) is 0.633. The van der Waals surface area contributed by atoms with Crippen LogP contribution in [0.3, 0.4) is 0 Å². The van der Waals surface area contributed by atoms with Crippen molar-refractivity contribution < 1.29 is 17.6 Å². The van der Waals surface area contributed by atoms with Gasteiger partial charge in [0.15, 0.2) is 0 Å². The lowest BCUT2D eigenvalue weighted by Crippen LogP contribution is -2.24. The molecule has 0 amide bonds. The number of rotatable bonds is 5. The largest absolute Gasteiger partial charge is 0.422 e. The van der Waals surface area contributed by atoms with Crippen molar-refractivity contribution in [1.82, 2.24) is 14.5 Å². The zero-order valence-corrected chi connectivity index (χ0v) is 15.3. The van der Waals surface area contributed by atoms with E-state index in [-0.39, 0.29) is 6.54 Å². The minimum atomic E-state index is -4.31. The van der Waals surface area contributed by atoms with E-state index in [0.717, 1.165) is 26.6 Å². The first-order chi connectivity index (χ1) is 12.6. The lowest BCUT2D eigenvalue weighted by molar-refractivity contribution is -0.141. The van der Waals surface area contributed by atoms with E-state index >= 15 is 0 Å². The molecule has 0 aliphatic heterocycles. The normalized spacial score (nSPS) is 12.3. The molecule has 144 valence electrons. The molecule has 0 N–H and O–H groups in total. The van der Waals surface area contributed by atoms with Gasteiger partial charge in [0.1, 0.15) is 18.0 Å². The third-order valence-electron chi connectivity index (χ3n) is 4.52. The Kier molecular flexibility index (Phi) is 5.10. The molecule has 0 unspecified atom stereocenters. The van der Waals surface area contributed by atoms with Crippen molar-refractivity contribution in [3.05, 3.63) is 63.5 Å². The van der Waals surface area contributed by atoms with Gasteiger partial charge in [0.2, 0.25) is 0 Å². The van der Waals surface area contributed by atoms with Crippen molar-refractivity contribution in [2.75, 3.05) is 7.05 Å². The van der Waals surface area contributed by atoms with Crippen LogP contribution < -0.4 is 5.63 Å². The molecule has 0 radical (unpaired) electrons. The Balaban J connectivity index is 1.85. The fourth-order valence-electron chi connectivity index (χ4n) is 3.07. The van der Waals surface area contributed by atoms with Crippen LogP contribution in [0.2, 0.25) is 0 Å². The van der Waals surface area contributed by atoms with E-state index < -0.39 is 18.3 Å². The molecule has 3 aromatic rings. The van der Waals surface area contributed by atoms with Crippen LogP contribution >= 0.6 is 0 Å². The summed E-state index contributed by atoms with van der Waals surface area (Å²) in [6, 6.07) is 5.28. The summed E-state index contributed by atoms with van der Waals surface area (Å²) in [5.74, 6) is 0.314. The van der Waals surface area contributed by atoms with Crippen molar-refractivity contribution in [3.8, 4) is 0 Å². The number of benzene rings is 1. The van der Waals surface area contributed by atoms with Gasteiger partial charge >= 0.3 is 11.8 Å². The highest BCUT2D eigenvalue weighted by Crippen LogP contribution is 2.24. The van der Waals surface area contributed by atoms with Crippen molar-refractivity contribution >= 4 is 11.0 Å². The maximum absolute atomic E-state index is 12.7. The fraction of sp³-hybridized carbons (Fsp3) is 0.368. The molecule has 0 saturated heterocycles. The minimum absolute atomic E-state index is 0.218. The first-order valence-corrected chi connectivity index (χ1v) is 8.42. The van der Waals surface area contributed by atoms with Crippen LogP contribution in [-0.2, 0) is 19.6 Å². The molecule has 0 aliphatic carbocycles. The molecule has 0 bridgehead atoms. The van der Waals surface area contributed by atoms with Gasteiger partial charge in [-0.25, -0.2) is 9.78 Å². The number of fused-ring (bicyclic) bond motifs is 1. The van der Waals surface area contributed by atoms with Crippen LogP contribution in [0.4, 0.5) is 13.2 Å². The average molecular weight is 379 g/mol. The van der Waals surface area contributed by atoms with E-state index in [1.165, 1.54) is 18.5 Å². The molecule has 0 fully saturated rings. The summed E-state index contributed by atoms with van der Waals surface area (Å²) < 4.78 is 44.4. The van der Waals surface area contributed by atoms with Crippen LogP contribution in [0, 0.1) is 13.8 Å². The van der Waals surface area contributed by atoms with Gasteiger partial charge in [-0.3, -0.25) is 4.90 Å². The summed E-state index contributed by atoms with van der Waals surface area (Å²) >= 11 is 0. The van der Waals surface area contributed by atoms with Crippen LogP contribution in [-0.4, -0.2) is 27.7 Å². The van der Waals surface area contributed by atoms with Gasteiger partial charge in [0, 0.05) is 30.4 Å². The predicted octanol–water partition coefficient (Wildman–Crippen LogP) is 3.80. The molecular weight excluding hydrogens is 359 g/mol. The molecule has 2 heterocycles. The number of aryl methyl sites for hydroxylation is 2. The molecule has 3 rings (SSSR count). The highest BCUT2D eigenvalue weighted by atomic mass is 19.4. The second-order valence-electron chi connectivity index (χ2n) is 6.73. The second-order valence-corrected chi connectivity index (χ2v) is 6.73. The van der Waals surface area contributed by atoms with Crippen molar-refractivity contribution in [2.45, 2.75) is 39.7 Å². The molecule has 5 nitrogen and oxygen atoms in total. The van der Waals surface area contributed by atoms with Gasteiger partial charge in [0.05, 0.1) is 6.54 Å². The smallest absolute Gasteiger partial charge is 0.406 e. The highest BCUT2D eigenvalue weighted by Gasteiger charge is 2.29.